The molecule has 40 heavy (non-hydrogen) atoms. The van der Waals surface area contributed by atoms with Gasteiger partial charge in [-0.25, -0.2) is 14.2 Å². The van der Waals surface area contributed by atoms with Gasteiger partial charge in [-0.2, -0.15) is 4.98 Å². The highest BCUT2D eigenvalue weighted by molar-refractivity contribution is 6.30. The Morgan fingerprint density at radius 3 is 2.65 bits per heavy atom. The van der Waals surface area contributed by atoms with Crippen molar-refractivity contribution < 1.29 is 23.8 Å². The molecule has 6 rings (SSSR count). The number of hydrogen-bond donors (Lipinski definition) is 1. The summed E-state index contributed by atoms with van der Waals surface area (Å²) in [5.74, 6) is 0.494. The fraction of sp³-hybridized carbons (Fsp3) is 0.379. The van der Waals surface area contributed by atoms with Gasteiger partial charge in [0.15, 0.2) is 5.82 Å². The van der Waals surface area contributed by atoms with Crippen LogP contribution in [-0.2, 0) is 24.3 Å². The topological polar surface area (TPSA) is 103 Å². The molecule has 0 radical (unpaired) electrons. The Labute approximate surface area is 235 Å². The Kier molecular flexibility index (Phi) is 7.53. The summed E-state index contributed by atoms with van der Waals surface area (Å²) < 4.78 is 28.6. The first kappa shape index (κ1) is 26.5. The summed E-state index contributed by atoms with van der Waals surface area (Å²) in [6, 6.07) is 12.2. The number of carbonyl (C=O) groups is 1. The number of carboxylic acids is 1. The Hall–Kier alpha value is -3.76. The van der Waals surface area contributed by atoms with Gasteiger partial charge in [-0.05, 0) is 55.5 Å². The molecule has 1 unspecified atom stereocenters. The molecule has 1 atom stereocenters. The summed E-state index contributed by atoms with van der Waals surface area (Å²) in [6.07, 6.45) is 5.00. The lowest BCUT2D eigenvalue weighted by Gasteiger charge is -2.33. The Bertz CT molecular complexity index is 1520. The van der Waals surface area contributed by atoms with E-state index in [9.17, 15) is 9.90 Å². The van der Waals surface area contributed by atoms with E-state index < -0.39 is 11.8 Å². The van der Waals surface area contributed by atoms with Gasteiger partial charge in [0.25, 0.3) is 0 Å². The Morgan fingerprint density at radius 1 is 1.12 bits per heavy atom. The number of ether oxygens (including phenoxy) is 2. The maximum atomic E-state index is 15.3. The minimum absolute atomic E-state index is 0.0121. The van der Waals surface area contributed by atoms with Crippen LogP contribution in [-0.4, -0.2) is 56.4 Å². The fourth-order valence-electron chi connectivity index (χ4n) is 5.30. The number of imidazole rings is 1. The third-order valence-corrected chi connectivity index (χ3v) is 7.83. The Morgan fingerprint density at radius 2 is 1.95 bits per heavy atom. The highest BCUT2D eigenvalue weighted by atomic mass is 35.5. The largest absolute Gasteiger partial charge is 0.478 e. The summed E-state index contributed by atoms with van der Waals surface area (Å²) in [5, 5.41) is 10.0. The van der Waals surface area contributed by atoms with Gasteiger partial charge in [-0.3, -0.25) is 4.98 Å². The van der Waals surface area contributed by atoms with Gasteiger partial charge in [-0.15, -0.1) is 0 Å². The number of piperidine rings is 1. The zero-order chi connectivity index (χ0) is 27.6. The first-order valence-corrected chi connectivity index (χ1v) is 13.8. The lowest BCUT2D eigenvalue weighted by molar-refractivity contribution is -0.0591. The van der Waals surface area contributed by atoms with Crippen LogP contribution < -0.4 is 9.64 Å². The van der Waals surface area contributed by atoms with Gasteiger partial charge >= 0.3 is 5.97 Å². The summed E-state index contributed by atoms with van der Waals surface area (Å²) in [4.78, 5) is 27.5. The number of nitrogens with zero attached hydrogens (tertiary/aromatic N) is 5. The maximum absolute atomic E-state index is 15.3. The van der Waals surface area contributed by atoms with Crippen LogP contribution in [0.3, 0.4) is 0 Å². The standard InChI is InChI=1S/C29H29ClFN5O4/c30-19-4-5-20(32-15-19)17-40-26-3-1-2-24(34-26)35-11-8-18(9-12-35)14-25-33-23-7-6-22(29(37)38)27(31)28(23)36(25)16-21-10-13-39-21/h1-7,15,18,21H,8-14,16-17H2,(H,37,38). The van der Waals surface area contributed by atoms with Crippen molar-refractivity contribution >= 4 is 34.4 Å². The lowest BCUT2D eigenvalue weighted by Crippen LogP contribution is -2.35. The van der Waals surface area contributed by atoms with Gasteiger partial charge in [0.1, 0.15) is 23.8 Å². The van der Waals surface area contributed by atoms with Crippen molar-refractivity contribution in [2.24, 2.45) is 5.92 Å². The van der Waals surface area contributed by atoms with Crippen molar-refractivity contribution in [2.45, 2.75) is 44.9 Å². The monoisotopic (exact) mass is 565 g/mol. The predicted molar refractivity (Wildman–Crippen MR) is 147 cm³/mol. The number of aromatic carboxylic acids is 1. The molecule has 2 aliphatic rings. The molecule has 3 aromatic heterocycles. The van der Waals surface area contributed by atoms with E-state index in [-0.39, 0.29) is 17.2 Å². The van der Waals surface area contributed by atoms with Crippen LogP contribution in [0.25, 0.3) is 11.0 Å². The molecule has 2 fully saturated rings. The van der Waals surface area contributed by atoms with Gasteiger partial charge < -0.3 is 24.0 Å². The van der Waals surface area contributed by atoms with Gasteiger partial charge in [0, 0.05) is 38.4 Å². The molecule has 2 saturated heterocycles. The lowest BCUT2D eigenvalue weighted by atomic mass is 9.93. The molecule has 4 aromatic rings. The van der Waals surface area contributed by atoms with E-state index in [1.165, 1.54) is 6.07 Å². The van der Waals surface area contributed by atoms with Crippen LogP contribution in [0.15, 0.2) is 48.7 Å². The van der Waals surface area contributed by atoms with Crippen molar-refractivity contribution in [3.8, 4) is 5.88 Å². The van der Waals surface area contributed by atoms with Gasteiger partial charge in [0.2, 0.25) is 5.88 Å². The Balaban J connectivity index is 1.13. The molecule has 0 aliphatic carbocycles. The van der Waals surface area contributed by atoms with Crippen LogP contribution in [0, 0.1) is 11.7 Å². The number of pyridine rings is 2. The van der Waals surface area contributed by atoms with Crippen molar-refractivity contribution in [3.05, 3.63) is 76.6 Å². The van der Waals surface area contributed by atoms with Crippen molar-refractivity contribution in [3.63, 3.8) is 0 Å². The smallest absolute Gasteiger partial charge is 0.338 e. The second-order valence-electron chi connectivity index (χ2n) is 10.2. The minimum atomic E-state index is -1.29. The highest BCUT2D eigenvalue weighted by Gasteiger charge is 2.28. The van der Waals surface area contributed by atoms with E-state index in [2.05, 4.69) is 9.88 Å². The number of carboxylic acid groups (broad SMARTS) is 1. The quantitative estimate of drug-likeness (QED) is 0.297. The number of anilines is 1. The number of benzene rings is 1. The average Bonchev–Trinajstić information content (AvgIpc) is 3.28. The molecule has 0 spiro atoms. The molecule has 208 valence electrons. The second-order valence-corrected chi connectivity index (χ2v) is 10.7. The first-order chi connectivity index (χ1) is 19.4. The summed E-state index contributed by atoms with van der Waals surface area (Å²) in [5.41, 5.74) is 1.15. The van der Waals surface area contributed by atoms with Crippen LogP contribution in [0.2, 0.25) is 5.02 Å². The third-order valence-electron chi connectivity index (χ3n) is 7.61. The third kappa shape index (κ3) is 5.59. The van der Waals surface area contributed by atoms with E-state index in [1.54, 1.807) is 18.3 Å². The van der Waals surface area contributed by atoms with Crippen LogP contribution >= 0.6 is 11.6 Å². The number of fused-ring (bicyclic) bond motifs is 1. The zero-order valence-electron chi connectivity index (χ0n) is 21.8. The van der Waals surface area contributed by atoms with Crippen LogP contribution in [0.5, 0.6) is 5.88 Å². The molecule has 0 amide bonds. The number of halogens is 2. The summed E-state index contributed by atoms with van der Waals surface area (Å²) >= 11 is 5.90. The van der Waals surface area contributed by atoms with Gasteiger partial charge in [0.05, 0.1) is 34.4 Å². The molecule has 9 nitrogen and oxygen atoms in total. The normalized spacial score (nSPS) is 17.6. The second kappa shape index (κ2) is 11.4. The molecule has 0 bridgehead atoms. The van der Waals surface area contributed by atoms with Crippen molar-refractivity contribution in [2.75, 3.05) is 24.6 Å². The summed E-state index contributed by atoms with van der Waals surface area (Å²) in [7, 11) is 0. The zero-order valence-corrected chi connectivity index (χ0v) is 22.6. The van der Waals surface area contributed by atoms with E-state index in [4.69, 9.17) is 31.0 Å². The minimum Gasteiger partial charge on any atom is -0.478 e. The first-order valence-electron chi connectivity index (χ1n) is 13.4. The number of hydrogen-bond acceptors (Lipinski definition) is 7. The summed E-state index contributed by atoms with van der Waals surface area (Å²) in [6.45, 7) is 3.10. The molecule has 1 aromatic carbocycles. The number of rotatable bonds is 9. The fourth-order valence-corrected chi connectivity index (χ4v) is 5.42. The predicted octanol–water partition coefficient (Wildman–Crippen LogP) is 5.14. The molecule has 11 heteroatoms. The van der Waals surface area contributed by atoms with Crippen molar-refractivity contribution in [1.82, 2.24) is 19.5 Å². The van der Waals surface area contributed by atoms with E-state index >= 15 is 4.39 Å². The maximum Gasteiger partial charge on any atom is 0.338 e. The van der Waals surface area contributed by atoms with Gasteiger partial charge in [-0.1, -0.05) is 17.7 Å². The van der Waals surface area contributed by atoms with E-state index in [0.717, 1.165) is 49.7 Å². The highest BCUT2D eigenvalue weighted by Crippen LogP contribution is 2.30. The average molecular weight is 566 g/mol. The van der Waals surface area contributed by atoms with Crippen LogP contribution in [0.4, 0.5) is 10.2 Å². The molecular formula is C29H29ClFN5O4. The van der Waals surface area contributed by atoms with Crippen LogP contribution in [0.1, 0.15) is 41.1 Å². The molecule has 5 heterocycles. The van der Waals surface area contributed by atoms with Crippen molar-refractivity contribution in [1.29, 1.82) is 0 Å². The van der Waals surface area contributed by atoms with E-state index in [1.807, 2.05) is 28.8 Å². The SMILES string of the molecule is O=C(O)c1ccc2nc(CC3CCN(c4cccc(OCc5ccc(Cl)cn5)n4)CC3)n(CC3CCO3)c2c1F. The molecular weight excluding hydrogens is 537 g/mol. The molecule has 0 saturated carbocycles. The molecule has 1 N–H and O–H groups in total. The number of aromatic nitrogens is 4. The molecule has 2 aliphatic heterocycles. The van der Waals surface area contributed by atoms with E-state index in [0.29, 0.717) is 48.5 Å².